The highest BCUT2D eigenvalue weighted by Crippen LogP contribution is 2.29. The quantitative estimate of drug-likeness (QED) is 0.599. The molecule has 8 heteroatoms. The fourth-order valence-corrected chi connectivity index (χ4v) is 3.09. The molecule has 0 aliphatic rings. The van der Waals surface area contributed by atoms with Crippen LogP contribution in [0.3, 0.4) is 0 Å². The number of anilines is 1. The number of amides is 1. The summed E-state index contributed by atoms with van der Waals surface area (Å²) in [6, 6.07) is 5.06. The van der Waals surface area contributed by atoms with E-state index < -0.39 is 0 Å². The molecule has 6 nitrogen and oxygen atoms in total. The van der Waals surface area contributed by atoms with Gasteiger partial charge >= 0.3 is 0 Å². The molecular weight excluding hydrogens is 348 g/mol. The number of aromatic nitrogens is 3. The van der Waals surface area contributed by atoms with Gasteiger partial charge in [0.15, 0.2) is 5.16 Å². The van der Waals surface area contributed by atoms with Crippen LogP contribution in [0.5, 0.6) is 5.75 Å². The van der Waals surface area contributed by atoms with Crippen molar-refractivity contribution in [1.82, 2.24) is 14.8 Å². The molecule has 0 aliphatic heterocycles. The maximum Gasteiger partial charge on any atom is 0.237 e. The van der Waals surface area contributed by atoms with Crippen molar-refractivity contribution in [2.75, 3.05) is 12.4 Å². The Bertz CT molecular complexity index is 748. The van der Waals surface area contributed by atoms with Crippen LogP contribution in [0, 0.1) is 6.92 Å². The number of aryl methyl sites for hydroxylation is 1. The van der Waals surface area contributed by atoms with E-state index in [1.165, 1.54) is 18.9 Å². The number of carbonyl (C=O) groups excluding carboxylic acids is 1. The number of halogens is 1. The minimum atomic E-state index is -0.374. The molecular formula is C16H19ClN4O2S. The Kier molecular flexibility index (Phi) is 6.28. The molecule has 2 rings (SSSR count). The maximum atomic E-state index is 12.5. The lowest BCUT2D eigenvalue weighted by Crippen LogP contribution is -2.23. The van der Waals surface area contributed by atoms with Gasteiger partial charge in [-0.3, -0.25) is 4.79 Å². The van der Waals surface area contributed by atoms with Crippen molar-refractivity contribution in [2.45, 2.75) is 30.8 Å². The van der Waals surface area contributed by atoms with Crippen molar-refractivity contribution in [3.8, 4) is 5.75 Å². The van der Waals surface area contributed by atoms with Crippen molar-refractivity contribution in [3.05, 3.63) is 41.7 Å². The van der Waals surface area contributed by atoms with Gasteiger partial charge in [-0.1, -0.05) is 29.4 Å². The van der Waals surface area contributed by atoms with Gasteiger partial charge in [0, 0.05) is 11.6 Å². The van der Waals surface area contributed by atoms with Crippen LogP contribution in [0.4, 0.5) is 5.69 Å². The Morgan fingerprint density at radius 1 is 1.54 bits per heavy atom. The summed E-state index contributed by atoms with van der Waals surface area (Å²) in [5, 5.41) is 11.8. The van der Waals surface area contributed by atoms with Gasteiger partial charge < -0.3 is 14.6 Å². The van der Waals surface area contributed by atoms with E-state index in [4.69, 9.17) is 16.3 Å². The summed E-state index contributed by atoms with van der Waals surface area (Å²) in [6.07, 6.45) is 1.77. The third kappa shape index (κ3) is 4.30. The third-order valence-corrected chi connectivity index (χ3v) is 4.60. The van der Waals surface area contributed by atoms with Gasteiger partial charge in [0.05, 0.1) is 18.0 Å². The second kappa shape index (κ2) is 8.21. The number of methoxy groups -OCH3 is 1. The molecule has 2 aromatic rings. The molecule has 1 aromatic heterocycles. The number of thioether (sulfide) groups is 1. The smallest absolute Gasteiger partial charge is 0.237 e. The van der Waals surface area contributed by atoms with Gasteiger partial charge in [-0.25, -0.2) is 0 Å². The van der Waals surface area contributed by atoms with Crippen LogP contribution in [-0.2, 0) is 11.3 Å². The Balaban J connectivity index is 2.10. The predicted octanol–water partition coefficient (Wildman–Crippen LogP) is 3.55. The first kappa shape index (κ1) is 18.4. The molecule has 0 spiro atoms. The SMILES string of the molecule is C=CCn1c(C)nnc1S[C@H](C)C(=O)Nc1cc(Cl)ccc1OC. The lowest BCUT2D eigenvalue weighted by molar-refractivity contribution is -0.115. The van der Waals surface area contributed by atoms with E-state index in [0.29, 0.717) is 28.2 Å². The van der Waals surface area contributed by atoms with Gasteiger partial charge in [-0.2, -0.15) is 0 Å². The Morgan fingerprint density at radius 3 is 2.96 bits per heavy atom. The predicted molar refractivity (Wildman–Crippen MR) is 96.9 cm³/mol. The average molecular weight is 367 g/mol. The van der Waals surface area contributed by atoms with Crippen molar-refractivity contribution >= 4 is 35.0 Å². The first-order valence-electron chi connectivity index (χ1n) is 7.28. The Morgan fingerprint density at radius 2 is 2.29 bits per heavy atom. The van der Waals surface area contributed by atoms with Crippen LogP contribution in [0.15, 0.2) is 36.0 Å². The molecule has 0 saturated heterocycles. The van der Waals surface area contributed by atoms with Crippen LogP contribution >= 0.6 is 23.4 Å². The number of rotatable bonds is 7. The summed E-state index contributed by atoms with van der Waals surface area (Å²) in [4.78, 5) is 12.5. The van der Waals surface area contributed by atoms with Crippen molar-refractivity contribution in [1.29, 1.82) is 0 Å². The molecule has 24 heavy (non-hydrogen) atoms. The zero-order chi connectivity index (χ0) is 17.7. The highest BCUT2D eigenvalue weighted by molar-refractivity contribution is 8.00. The van der Waals surface area contributed by atoms with E-state index in [1.807, 2.05) is 11.5 Å². The zero-order valence-corrected chi connectivity index (χ0v) is 15.3. The van der Waals surface area contributed by atoms with Crippen LogP contribution < -0.4 is 10.1 Å². The van der Waals surface area contributed by atoms with E-state index in [2.05, 4.69) is 22.1 Å². The molecule has 1 N–H and O–H groups in total. The second-order valence-electron chi connectivity index (χ2n) is 5.02. The monoisotopic (exact) mass is 366 g/mol. The summed E-state index contributed by atoms with van der Waals surface area (Å²) in [5.41, 5.74) is 0.534. The first-order chi connectivity index (χ1) is 11.5. The molecule has 0 saturated carbocycles. The van der Waals surface area contributed by atoms with E-state index in [0.717, 1.165) is 5.82 Å². The summed E-state index contributed by atoms with van der Waals surface area (Å²) < 4.78 is 7.14. The van der Waals surface area contributed by atoms with Crippen LogP contribution in [0.25, 0.3) is 0 Å². The second-order valence-corrected chi connectivity index (χ2v) is 6.77. The maximum absolute atomic E-state index is 12.5. The number of hydrogen-bond donors (Lipinski definition) is 1. The molecule has 1 heterocycles. The lowest BCUT2D eigenvalue weighted by atomic mass is 10.3. The van der Waals surface area contributed by atoms with Gasteiger partial charge in [-0.15, -0.1) is 16.8 Å². The van der Waals surface area contributed by atoms with E-state index >= 15 is 0 Å². The highest BCUT2D eigenvalue weighted by atomic mass is 35.5. The number of allylic oxidation sites excluding steroid dienone is 1. The highest BCUT2D eigenvalue weighted by Gasteiger charge is 2.20. The molecule has 1 amide bonds. The number of ether oxygens (including phenoxy) is 1. The molecule has 0 aliphatic carbocycles. The average Bonchev–Trinajstić information content (AvgIpc) is 2.88. The van der Waals surface area contributed by atoms with Crippen molar-refractivity contribution < 1.29 is 9.53 Å². The minimum absolute atomic E-state index is 0.175. The van der Waals surface area contributed by atoms with Gasteiger partial charge in [0.25, 0.3) is 0 Å². The lowest BCUT2D eigenvalue weighted by Gasteiger charge is -2.14. The fourth-order valence-electron chi connectivity index (χ4n) is 2.01. The summed E-state index contributed by atoms with van der Waals surface area (Å²) in [7, 11) is 1.54. The largest absolute Gasteiger partial charge is 0.495 e. The van der Waals surface area contributed by atoms with E-state index in [-0.39, 0.29) is 11.2 Å². The van der Waals surface area contributed by atoms with E-state index in [9.17, 15) is 4.79 Å². The number of hydrogen-bond acceptors (Lipinski definition) is 5. The fraction of sp³-hybridized carbons (Fsp3) is 0.312. The first-order valence-corrected chi connectivity index (χ1v) is 8.53. The normalized spacial score (nSPS) is 11.8. The third-order valence-electron chi connectivity index (χ3n) is 3.28. The van der Waals surface area contributed by atoms with Gasteiger partial charge in [0.2, 0.25) is 5.91 Å². The Labute approximate surface area is 150 Å². The summed E-state index contributed by atoms with van der Waals surface area (Å²) in [5.74, 6) is 1.16. The van der Waals surface area contributed by atoms with Crippen molar-refractivity contribution in [3.63, 3.8) is 0 Å². The number of benzene rings is 1. The standard InChI is InChI=1S/C16H19ClN4O2S/c1-5-8-21-11(3)19-20-16(21)24-10(2)15(22)18-13-9-12(17)6-7-14(13)23-4/h5-7,9-10H,1,8H2,2-4H3,(H,18,22)/t10-/m1/s1. The molecule has 128 valence electrons. The number of carbonyl (C=O) groups is 1. The van der Waals surface area contributed by atoms with Gasteiger partial charge in [-0.05, 0) is 32.0 Å². The number of nitrogens with one attached hydrogen (secondary N) is 1. The molecule has 0 radical (unpaired) electrons. The Hall–Kier alpha value is -1.99. The van der Waals surface area contributed by atoms with Crippen molar-refractivity contribution in [2.24, 2.45) is 0 Å². The number of nitrogens with zero attached hydrogens (tertiary/aromatic N) is 3. The summed E-state index contributed by atoms with van der Waals surface area (Å²) in [6.45, 7) is 7.99. The topological polar surface area (TPSA) is 69.0 Å². The molecule has 1 aromatic carbocycles. The van der Waals surface area contributed by atoms with Crippen LogP contribution in [-0.4, -0.2) is 33.0 Å². The molecule has 0 unspecified atom stereocenters. The molecule has 0 fully saturated rings. The molecule has 1 atom stereocenters. The zero-order valence-electron chi connectivity index (χ0n) is 13.7. The van der Waals surface area contributed by atoms with Gasteiger partial charge in [0.1, 0.15) is 11.6 Å². The van der Waals surface area contributed by atoms with Crippen LogP contribution in [0.1, 0.15) is 12.7 Å². The van der Waals surface area contributed by atoms with Crippen LogP contribution in [0.2, 0.25) is 5.02 Å². The minimum Gasteiger partial charge on any atom is -0.495 e. The summed E-state index contributed by atoms with van der Waals surface area (Å²) >= 11 is 7.31. The van der Waals surface area contributed by atoms with E-state index in [1.54, 1.807) is 31.2 Å². The molecule has 0 bridgehead atoms.